The Labute approximate surface area is 129 Å². The fraction of sp³-hybridized carbons (Fsp3) is 0.533. The van der Waals surface area contributed by atoms with Gasteiger partial charge in [0, 0.05) is 12.6 Å². The third kappa shape index (κ3) is 5.09. The lowest BCUT2D eigenvalue weighted by molar-refractivity contribution is -0.385. The zero-order chi connectivity index (χ0) is 15.8. The SMILES string of the molecule is O=[N+]([O-])c1ccccc1/[C]=N/OCC(O)CN1CCCCC1. The number of nitro groups is 1. The Morgan fingerprint density at radius 3 is 2.82 bits per heavy atom. The first-order chi connectivity index (χ1) is 10.7. The Morgan fingerprint density at radius 1 is 1.36 bits per heavy atom. The minimum Gasteiger partial charge on any atom is -0.392 e. The van der Waals surface area contributed by atoms with Gasteiger partial charge in [0.2, 0.25) is 0 Å². The molecule has 1 radical (unpaired) electrons. The van der Waals surface area contributed by atoms with Crippen molar-refractivity contribution in [1.29, 1.82) is 0 Å². The quantitative estimate of drug-likeness (QED) is 0.470. The number of nitro benzene ring substituents is 1. The van der Waals surface area contributed by atoms with Crippen molar-refractivity contribution in [3.63, 3.8) is 0 Å². The molecule has 22 heavy (non-hydrogen) atoms. The number of hydrogen-bond donors (Lipinski definition) is 1. The first-order valence-corrected chi connectivity index (χ1v) is 7.38. The Kier molecular flexibility index (Phi) is 6.29. The van der Waals surface area contributed by atoms with Gasteiger partial charge < -0.3 is 14.8 Å². The number of aliphatic hydroxyl groups excluding tert-OH is 1. The van der Waals surface area contributed by atoms with E-state index in [-0.39, 0.29) is 17.9 Å². The van der Waals surface area contributed by atoms with Crippen LogP contribution in [0.1, 0.15) is 24.8 Å². The molecule has 0 aromatic heterocycles. The highest BCUT2D eigenvalue weighted by atomic mass is 16.6. The summed E-state index contributed by atoms with van der Waals surface area (Å²) >= 11 is 0. The molecule has 7 heteroatoms. The van der Waals surface area contributed by atoms with Crippen molar-refractivity contribution < 1.29 is 14.9 Å². The van der Waals surface area contributed by atoms with E-state index in [2.05, 4.69) is 16.3 Å². The van der Waals surface area contributed by atoms with Crippen LogP contribution in [0, 0.1) is 10.1 Å². The average Bonchev–Trinajstić information content (AvgIpc) is 2.53. The summed E-state index contributed by atoms with van der Waals surface area (Å²) in [6.45, 7) is 2.61. The molecule has 2 rings (SSSR count). The van der Waals surface area contributed by atoms with Crippen LogP contribution in [0.4, 0.5) is 5.69 Å². The standard InChI is InChI=1S/C15H20N3O4/c19-14(11-17-8-4-1-5-9-17)12-22-16-10-13-6-2-3-7-15(13)18(20)21/h2-3,6-7,14,19H,1,4-5,8-9,11-12H2. The Hall–Kier alpha value is -1.99. The molecule has 1 fully saturated rings. The molecule has 1 atom stereocenters. The Balaban J connectivity index is 1.76. The smallest absolute Gasteiger partial charge is 0.278 e. The number of para-hydroxylation sites is 1. The molecule has 1 N–H and O–H groups in total. The monoisotopic (exact) mass is 306 g/mol. The lowest BCUT2D eigenvalue weighted by atomic mass is 10.1. The minimum absolute atomic E-state index is 0.0458. The van der Waals surface area contributed by atoms with Crippen molar-refractivity contribution in [2.75, 3.05) is 26.2 Å². The van der Waals surface area contributed by atoms with Crippen molar-refractivity contribution >= 4 is 11.9 Å². The van der Waals surface area contributed by atoms with Gasteiger partial charge in [-0.15, -0.1) is 0 Å². The molecule has 0 bridgehead atoms. The van der Waals surface area contributed by atoms with E-state index in [9.17, 15) is 15.2 Å². The number of nitrogens with zero attached hydrogens (tertiary/aromatic N) is 3. The van der Waals surface area contributed by atoms with Crippen LogP contribution in [-0.4, -0.2) is 53.5 Å². The van der Waals surface area contributed by atoms with Crippen LogP contribution in [0.3, 0.4) is 0 Å². The summed E-state index contributed by atoms with van der Waals surface area (Å²) < 4.78 is 0. The molecular weight excluding hydrogens is 286 g/mol. The molecular formula is C15H20N3O4. The van der Waals surface area contributed by atoms with Gasteiger partial charge >= 0.3 is 0 Å². The zero-order valence-corrected chi connectivity index (χ0v) is 12.4. The molecule has 1 unspecified atom stereocenters. The third-order valence-electron chi connectivity index (χ3n) is 3.52. The molecule has 1 aromatic carbocycles. The first-order valence-electron chi connectivity index (χ1n) is 7.38. The maximum atomic E-state index is 10.8. The lowest BCUT2D eigenvalue weighted by Gasteiger charge is -2.27. The van der Waals surface area contributed by atoms with E-state index >= 15 is 0 Å². The summed E-state index contributed by atoms with van der Waals surface area (Å²) in [4.78, 5) is 17.5. The van der Waals surface area contributed by atoms with Crippen LogP contribution in [0.2, 0.25) is 0 Å². The van der Waals surface area contributed by atoms with Gasteiger partial charge in [-0.2, -0.15) is 0 Å². The van der Waals surface area contributed by atoms with E-state index in [1.165, 1.54) is 18.6 Å². The van der Waals surface area contributed by atoms with Crippen LogP contribution in [0.25, 0.3) is 0 Å². The maximum absolute atomic E-state index is 10.8. The van der Waals surface area contributed by atoms with Gasteiger partial charge in [-0.3, -0.25) is 10.1 Å². The van der Waals surface area contributed by atoms with E-state index in [0.717, 1.165) is 25.9 Å². The van der Waals surface area contributed by atoms with Crippen molar-refractivity contribution in [2.24, 2.45) is 5.16 Å². The summed E-state index contributed by atoms with van der Waals surface area (Å²) in [5, 5.41) is 24.3. The predicted octanol–water partition coefficient (Wildman–Crippen LogP) is 1.67. The average molecular weight is 306 g/mol. The van der Waals surface area contributed by atoms with Gasteiger partial charge in [0.25, 0.3) is 5.69 Å². The van der Waals surface area contributed by atoms with Crippen molar-refractivity contribution in [1.82, 2.24) is 4.90 Å². The number of β-amino-alcohol motifs (C(OH)–C–C–N with tert-alkyl or cyclic N) is 1. The molecule has 1 heterocycles. The predicted molar refractivity (Wildman–Crippen MR) is 81.9 cm³/mol. The van der Waals surface area contributed by atoms with Crippen LogP contribution >= 0.6 is 0 Å². The lowest BCUT2D eigenvalue weighted by Crippen LogP contribution is -2.37. The maximum Gasteiger partial charge on any atom is 0.278 e. The van der Waals surface area contributed by atoms with E-state index < -0.39 is 11.0 Å². The van der Waals surface area contributed by atoms with E-state index in [0.29, 0.717) is 6.54 Å². The van der Waals surface area contributed by atoms with Gasteiger partial charge in [-0.1, -0.05) is 23.7 Å². The first kappa shape index (κ1) is 16.4. The fourth-order valence-electron chi connectivity index (χ4n) is 2.42. The molecule has 0 saturated carbocycles. The van der Waals surface area contributed by atoms with Crippen LogP contribution in [-0.2, 0) is 4.84 Å². The van der Waals surface area contributed by atoms with Crippen molar-refractivity contribution in [2.45, 2.75) is 25.4 Å². The zero-order valence-electron chi connectivity index (χ0n) is 12.4. The second-order valence-electron chi connectivity index (χ2n) is 5.29. The normalized spacial score (nSPS) is 17.5. The van der Waals surface area contributed by atoms with E-state index in [1.807, 2.05) is 0 Å². The molecule has 1 aliphatic rings. The second-order valence-corrected chi connectivity index (χ2v) is 5.29. The number of hydrogen-bond acceptors (Lipinski definition) is 6. The molecule has 0 amide bonds. The number of likely N-dealkylation sites (tertiary alicyclic amines) is 1. The number of piperidine rings is 1. The van der Waals surface area contributed by atoms with Gasteiger partial charge in [0.15, 0.2) is 0 Å². The van der Waals surface area contributed by atoms with Crippen molar-refractivity contribution in [3.05, 3.63) is 39.9 Å². The number of benzene rings is 1. The summed E-state index contributed by atoms with van der Waals surface area (Å²) in [7, 11) is 0. The molecule has 119 valence electrons. The summed E-state index contributed by atoms with van der Waals surface area (Å²) in [5.74, 6) is 0. The van der Waals surface area contributed by atoms with E-state index in [4.69, 9.17) is 4.84 Å². The molecule has 1 saturated heterocycles. The Morgan fingerprint density at radius 2 is 2.09 bits per heavy atom. The van der Waals surface area contributed by atoms with E-state index in [1.54, 1.807) is 12.1 Å². The van der Waals surface area contributed by atoms with Gasteiger partial charge in [0.05, 0.1) is 10.5 Å². The third-order valence-corrected chi connectivity index (χ3v) is 3.52. The second kappa shape index (κ2) is 8.45. The summed E-state index contributed by atoms with van der Waals surface area (Å²) in [6.07, 6.45) is 5.44. The molecule has 0 spiro atoms. The van der Waals surface area contributed by atoms with Gasteiger partial charge in [-0.05, 0) is 32.0 Å². The highest BCUT2D eigenvalue weighted by Crippen LogP contribution is 2.15. The topological polar surface area (TPSA) is 88.2 Å². The van der Waals surface area contributed by atoms with Crippen LogP contribution in [0.5, 0.6) is 0 Å². The molecule has 1 aromatic rings. The molecule has 1 aliphatic heterocycles. The minimum atomic E-state index is -0.630. The summed E-state index contributed by atoms with van der Waals surface area (Å²) in [6, 6.07) is 6.15. The van der Waals surface area contributed by atoms with Gasteiger partial charge in [0.1, 0.15) is 18.9 Å². The number of rotatable bonds is 7. The number of aliphatic hydroxyl groups is 1. The highest BCUT2D eigenvalue weighted by Gasteiger charge is 2.15. The Bertz CT molecular complexity index is 515. The van der Waals surface area contributed by atoms with Crippen LogP contribution < -0.4 is 0 Å². The fourth-order valence-corrected chi connectivity index (χ4v) is 2.42. The van der Waals surface area contributed by atoms with Gasteiger partial charge in [-0.25, -0.2) is 0 Å². The van der Waals surface area contributed by atoms with Crippen LogP contribution in [0.15, 0.2) is 29.4 Å². The largest absolute Gasteiger partial charge is 0.392 e. The summed E-state index contributed by atoms with van der Waals surface area (Å²) in [5.41, 5.74) is 0.168. The molecule has 0 aliphatic carbocycles. The highest BCUT2D eigenvalue weighted by molar-refractivity contribution is 5.84. The van der Waals surface area contributed by atoms with Crippen molar-refractivity contribution in [3.8, 4) is 0 Å². The molecule has 7 nitrogen and oxygen atoms in total.